The standard InChI is InChI=1S/C21H24ClN3O/c22-17-8-6-16(7-9-17)21(11-2-3-12-21)20(26)24-18-10-14-25(15-18)19-5-1-4-13-23-19/h1,4-9,13,18H,2-3,10-12,14-15H2,(H,24,26)/t18-/m1/s1. The molecule has 136 valence electrons. The molecule has 1 N–H and O–H groups in total. The average Bonchev–Trinajstić information content (AvgIpc) is 3.33. The van der Waals surface area contributed by atoms with Gasteiger partial charge >= 0.3 is 0 Å². The van der Waals surface area contributed by atoms with Crippen molar-refractivity contribution < 1.29 is 4.79 Å². The molecule has 1 aliphatic heterocycles. The van der Waals surface area contributed by atoms with Crippen molar-refractivity contribution in [1.82, 2.24) is 10.3 Å². The summed E-state index contributed by atoms with van der Waals surface area (Å²) in [6.07, 6.45) is 6.80. The Morgan fingerprint density at radius 3 is 2.62 bits per heavy atom. The summed E-state index contributed by atoms with van der Waals surface area (Å²) in [6, 6.07) is 13.9. The molecule has 5 heteroatoms. The number of pyridine rings is 1. The maximum absolute atomic E-state index is 13.3. The Hall–Kier alpha value is -2.07. The minimum absolute atomic E-state index is 0.171. The van der Waals surface area contributed by atoms with Crippen molar-refractivity contribution in [3.05, 3.63) is 59.2 Å². The summed E-state index contributed by atoms with van der Waals surface area (Å²) in [5.41, 5.74) is 0.694. The number of nitrogens with zero attached hydrogens (tertiary/aromatic N) is 2. The number of rotatable bonds is 4. The molecule has 1 aliphatic carbocycles. The zero-order chi connectivity index (χ0) is 18.0. The topological polar surface area (TPSA) is 45.2 Å². The molecule has 0 spiro atoms. The number of benzene rings is 1. The van der Waals surface area contributed by atoms with Gasteiger partial charge in [-0.25, -0.2) is 4.98 Å². The maximum Gasteiger partial charge on any atom is 0.230 e. The monoisotopic (exact) mass is 369 g/mol. The summed E-state index contributed by atoms with van der Waals surface area (Å²) in [5, 5.41) is 4.05. The van der Waals surface area contributed by atoms with Crippen molar-refractivity contribution in [2.45, 2.75) is 43.6 Å². The SMILES string of the molecule is O=C(N[C@@H]1CCN(c2ccccn2)C1)C1(c2ccc(Cl)cc2)CCCC1. The fourth-order valence-electron chi connectivity index (χ4n) is 4.34. The lowest BCUT2D eigenvalue weighted by molar-refractivity contribution is -0.127. The lowest BCUT2D eigenvalue weighted by Gasteiger charge is -2.30. The van der Waals surface area contributed by atoms with E-state index < -0.39 is 5.41 Å². The van der Waals surface area contributed by atoms with Crippen LogP contribution in [-0.2, 0) is 10.2 Å². The number of anilines is 1. The van der Waals surface area contributed by atoms with Crippen LogP contribution in [0.4, 0.5) is 5.82 Å². The zero-order valence-corrected chi connectivity index (χ0v) is 15.6. The van der Waals surface area contributed by atoms with Crippen LogP contribution >= 0.6 is 11.6 Å². The molecule has 1 saturated heterocycles. The van der Waals surface area contributed by atoms with Gasteiger partial charge in [0.2, 0.25) is 5.91 Å². The highest BCUT2D eigenvalue weighted by Gasteiger charge is 2.43. The number of hydrogen-bond donors (Lipinski definition) is 1. The van der Waals surface area contributed by atoms with Gasteiger partial charge in [-0.1, -0.05) is 42.6 Å². The van der Waals surface area contributed by atoms with Crippen LogP contribution in [0, 0.1) is 0 Å². The number of carbonyl (C=O) groups excluding carboxylic acids is 1. The number of carbonyl (C=O) groups is 1. The van der Waals surface area contributed by atoms with Crippen molar-refractivity contribution >= 4 is 23.3 Å². The molecule has 4 rings (SSSR count). The summed E-state index contributed by atoms with van der Waals surface area (Å²) in [6.45, 7) is 1.75. The highest BCUT2D eigenvalue weighted by Crippen LogP contribution is 2.42. The van der Waals surface area contributed by atoms with Crippen LogP contribution in [0.3, 0.4) is 0 Å². The van der Waals surface area contributed by atoms with Gasteiger partial charge in [-0.05, 0) is 49.1 Å². The summed E-state index contributed by atoms with van der Waals surface area (Å²) in [4.78, 5) is 19.9. The quantitative estimate of drug-likeness (QED) is 0.887. The van der Waals surface area contributed by atoms with Gasteiger partial charge in [-0.15, -0.1) is 0 Å². The average molecular weight is 370 g/mol. The van der Waals surface area contributed by atoms with Gasteiger partial charge in [0.05, 0.1) is 5.41 Å². The predicted octanol–water partition coefficient (Wildman–Crippen LogP) is 3.94. The first-order valence-electron chi connectivity index (χ1n) is 9.40. The molecule has 4 nitrogen and oxygen atoms in total. The van der Waals surface area contributed by atoms with E-state index >= 15 is 0 Å². The molecular formula is C21H24ClN3O. The van der Waals surface area contributed by atoms with E-state index in [1.54, 1.807) is 0 Å². The number of hydrogen-bond acceptors (Lipinski definition) is 3. The van der Waals surface area contributed by atoms with Gasteiger partial charge in [-0.3, -0.25) is 4.79 Å². The lowest BCUT2D eigenvalue weighted by atomic mass is 9.78. The van der Waals surface area contributed by atoms with Crippen molar-refractivity contribution in [2.75, 3.05) is 18.0 Å². The molecule has 0 radical (unpaired) electrons. The highest BCUT2D eigenvalue weighted by atomic mass is 35.5. The van der Waals surface area contributed by atoms with E-state index in [2.05, 4.69) is 15.2 Å². The smallest absolute Gasteiger partial charge is 0.230 e. The first kappa shape index (κ1) is 17.3. The molecule has 2 aromatic rings. The van der Waals surface area contributed by atoms with E-state index in [0.29, 0.717) is 5.02 Å². The molecule has 2 fully saturated rings. The zero-order valence-electron chi connectivity index (χ0n) is 14.8. The molecular weight excluding hydrogens is 346 g/mol. The second-order valence-electron chi connectivity index (χ2n) is 7.39. The van der Waals surface area contributed by atoms with E-state index in [1.165, 1.54) is 0 Å². The Labute approximate surface area is 159 Å². The van der Waals surface area contributed by atoms with Gasteiger partial charge in [0, 0.05) is 30.4 Å². The van der Waals surface area contributed by atoms with Gasteiger partial charge < -0.3 is 10.2 Å². The minimum atomic E-state index is -0.400. The van der Waals surface area contributed by atoms with E-state index in [4.69, 9.17) is 11.6 Å². The lowest BCUT2D eigenvalue weighted by Crippen LogP contribution is -2.47. The number of aromatic nitrogens is 1. The van der Waals surface area contributed by atoms with Gasteiger partial charge in [-0.2, -0.15) is 0 Å². The van der Waals surface area contributed by atoms with E-state index in [1.807, 2.05) is 48.7 Å². The van der Waals surface area contributed by atoms with Gasteiger partial charge in [0.1, 0.15) is 5.82 Å². The minimum Gasteiger partial charge on any atom is -0.354 e. The molecule has 0 bridgehead atoms. The number of nitrogens with one attached hydrogen (secondary N) is 1. The Balaban J connectivity index is 1.47. The molecule has 1 amide bonds. The maximum atomic E-state index is 13.3. The molecule has 1 atom stereocenters. The van der Waals surface area contributed by atoms with Crippen molar-refractivity contribution in [1.29, 1.82) is 0 Å². The fraction of sp³-hybridized carbons (Fsp3) is 0.429. The van der Waals surface area contributed by atoms with E-state index in [9.17, 15) is 4.79 Å². The fourth-order valence-corrected chi connectivity index (χ4v) is 4.47. The van der Waals surface area contributed by atoms with Crippen molar-refractivity contribution in [2.24, 2.45) is 0 Å². The first-order valence-corrected chi connectivity index (χ1v) is 9.78. The molecule has 1 saturated carbocycles. The molecule has 2 aliphatic rings. The van der Waals surface area contributed by atoms with Crippen LogP contribution in [0.5, 0.6) is 0 Å². The second kappa shape index (κ2) is 7.28. The third-order valence-corrected chi connectivity index (χ3v) is 6.04. The molecule has 26 heavy (non-hydrogen) atoms. The Morgan fingerprint density at radius 1 is 1.15 bits per heavy atom. The van der Waals surface area contributed by atoms with Gasteiger partial charge in [0.25, 0.3) is 0 Å². The summed E-state index contributed by atoms with van der Waals surface area (Å²) >= 11 is 6.04. The second-order valence-corrected chi connectivity index (χ2v) is 7.83. The van der Waals surface area contributed by atoms with Crippen LogP contribution in [0.25, 0.3) is 0 Å². The molecule has 0 unspecified atom stereocenters. The summed E-state index contributed by atoms with van der Waals surface area (Å²) < 4.78 is 0. The Morgan fingerprint density at radius 2 is 1.92 bits per heavy atom. The van der Waals surface area contributed by atoms with Crippen LogP contribution < -0.4 is 10.2 Å². The molecule has 1 aromatic heterocycles. The van der Waals surface area contributed by atoms with Crippen LogP contribution in [0.15, 0.2) is 48.7 Å². The summed E-state index contributed by atoms with van der Waals surface area (Å²) in [7, 11) is 0. The Kier molecular flexibility index (Phi) is 4.86. The van der Waals surface area contributed by atoms with Gasteiger partial charge in [0.15, 0.2) is 0 Å². The number of halogens is 1. The summed E-state index contributed by atoms with van der Waals surface area (Å²) in [5.74, 6) is 1.16. The van der Waals surface area contributed by atoms with Crippen LogP contribution in [-0.4, -0.2) is 30.0 Å². The van der Waals surface area contributed by atoms with E-state index in [0.717, 1.165) is 56.6 Å². The Bertz CT molecular complexity index is 757. The molecule has 2 heterocycles. The van der Waals surface area contributed by atoms with Crippen molar-refractivity contribution in [3.8, 4) is 0 Å². The highest BCUT2D eigenvalue weighted by molar-refractivity contribution is 6.30. The normalized spacial score (nSPS) is 21.7. The van der Waals surface area contributed by atoms with Crippen LogP contribution in [0.1, 0.15) is 37.7 Å². The van der Waals surface area contributed by atoms with Crippen LogP contribution in [0.2, 0.25) is 5.02 Å². The predicted molar refractivity (Wildman–Crippen MR) is 105 cm³/mol. The molecule has 1 aromatic carbocycles. The third-order valence-electron chi connectivity index (χ3n) is 5.79. The first-order chi connectivity index (χ1) is 12.7. The van der Waals surface area contributed by atoms with Crippen molar-refractivity contribution in [3.63, 3.8) is 0 Å². The largest absolute Gasteiger partial charge is 0.354 e. The third kappa shape index (κ3) is 3.30. The van der Waals surface area contributed by atoms with E-state index in [-0.39, 0.29) is 11.9 Å². The number of amides is 1.